The van der Waals surface area contributed by atoms with Crippen LogP contribution in [-0.4, -0.2) is 34.0 Å². The number of aryl methyl sites for hydroxylation is 2. The number of carbonyl (C=O) groups excluding carboxylic acids is 1. The van der Waals surface area contributed by atoms with Crippen LogP contribution in [0.15, 0.2) is 47.3 Å². The Balaban J connectivity index is 1.97. The second kappa shape index (κ2) is 7.72. The molecule has 0 spiro atoms. The van der Waals surface area contributed by atoms with Crippen LogP contribution < -0.4 is 5.56 Å². The maximum atomic E-state index is 13.4. The molecule has 1 heterocycles. The minimum absolute atomic E-state index is 0.0219. The van der Waals surface area contributed by atoms with E-state index in [0.29, 0.717) is 5.56 Å². The van der Waals surface area contributed by atoms with Gasteiger partial charge in [0.1, 0.15) is 5.82 Å². The van der Waals surface area contributed by atoms with Gasteiger partial charge in [0.25, 0.3) is 11.5 Å². The number of carbonyl (C=O) groups is 1. The molecule has 1 amide bonds. The van der Waals surface area contributed by atoms with Crippen molar-refractivity contribution in [3.63, 3.8) is 0 Å². The van der Waals surface area contributed by atoms with Gasteiger partial charge in [-0.25, -0.2) is 4.39 Å². The number of amides is 1. The third-order valence-corrected chi connectivity index (χ3v) is 4.72. The summed E-state index contributed by atoms with van der Waals surface area (Å²) < 4.78 is 13.4. The number of nitrogens with zero attached hydrogens (tertiary/aromatic N) is 1. The predicted octanol–water partition coefficient (Wildman–Crippen LogP) is 2.92. The van der Waals surface area contributed by atoms with Gasteiger partial charge in [0, 0.05) is 17.7 Å². The van der Waals surface area contributed by atoms with E-state index in [9.17, 15) is 19.1 Å². The second-order valence-corrected chi connectivity index (χ2v) is 6.56. The molecule has 0 aliphatic heterocycles. The number of halogens is 1. The lowest BCUT2D eigenvalue weighted by molar-refractivity contribution is 0.0706. The van der Waals surface area contributed by atoms with Crippen molar-refractivity contribution in [2.45, 2.75) is 20.4 Å². The van der Waals surface area contributed by atoms with E-state index in [1.165, 1.54) is 23.1 Å². The normalized spacial score (nSPS) is 11.0. The fraction of sp³-hybridized carbons (Fsp3) is 0.238. The number of aliphatic hydroxyl groups is 1. The Morgan fingerprint density at radius 2 is 1.96 bits per heavy atom. The van der Waals surface area contributed by atoms with Crippen LogP contribution in [0.25, 0.3) is 10.9 Å². The molecule has 0 aliphatic carbocycles. The van der Waals surface area contributed by atoms with Crippen molar-refractivity contribution in [3.05, 3.63) is 80.9 Å². The highest BCUT2D eigenvalue weighted by molar-refractivity contribution is 5.94. The summed E-state index contributed by atoms with van der Waals surface area (Å²) >= 11 is 0. The fourth-order valence-corrected chi connectivity index (χ4v) is 3.07. The Morgan fingerprint density at radius 1 is 1.19 bits per heavy atom. The van der Waals surface area contributed by atoms with Gasteiger partial charge in [0.2, 0.25) is 0 Å². The number of rotatable bonds is 5. The molecule has 0 aliphatic rings. The van der Waals surface area contributed by atoms with Gasteiger partial charge in [-0.15, -0.1) is 0 Å². The molecule has 2 N–H and O–H groups in total. The fourth-order valence-electron chi connectivity index (χ4n) is 3.07. The Kier molecular flexibility index (Phi) is 5.37. The van der Waals surface area contributed by atoms with Crippen LogP contribution in [-0.2, 0) is 6.54 Å². The molecule has 0 saturated carbocycles. The lowest BCUT2D eigenvalue weighted by Crippen LogP contribution is -2.35. The number of aromatic amines is 1. The molecule has 5 nitrogen and oxygen atoms in total. The molecule has 0 radical (unpaired) electrons. The Morgan fingerprint density at radius 3 is 2.67 bits per heavy atom. The molecule has 0 atom stereocenters. The molecule has 6 heteroatoms. The van der Waals surface area contributed by atoms with E-state index in [1.54, 1.807) is 6.07 Å². The number of hydrogen-bond acceptors (Lipinski definition) is 3. The van der Waals surface area contributed by atoms with E-state index in [-0.39, 0.29) is 30.8 Å². The summed E-state index contributed by atoms with van der Waals surface area (Å²) in [4.78, 5) is 29.5. The largest absolute Gasteiger partial charge is 0.395 e. The highest BCUT2D eigenvalue weighted by Gasteiger charge is 2.18. The third kappa shape index (κ3) is 3.90. The van der Waals surface area contributed by atoms with Crippen molar-refractivity contribution in [1.82, 2.24) is 9.88 Å². The van der Waals surface area contributed by atoms with Crippen LogP contribution >= 0.6 is 0 Å². The van der Waals surface area contributed by atoms with Gasteiger partial charge in [-0.1, -0.05) is 18.2 Å². The zero-order valence-electron chi connectivity index (χ0n) is 15.3. The molecular formula is C21H21FN2O3. The van der Waals surface area contributed by atoms with Crippen LogP contribution in [0, 0.1) is 19.7 Å². The average molecular weight is 368 g/mol. The van der Waals surface area contributed by atoms with Gasteiger partial charge in [-0.2, -0.15) is 0 Å². The highest BCUT2D eigenvalue weighted by atomic mass is 19.1. The van der Waals surface area contributed by atoms with Crippen molar-refractivity contribution in [3.8, 4) is 0 Å². The molecule has 0 unspecified atom stereocenters. The number of aromatic nitrogens is 1. The van der Waals surface area contributed by atoms with Crippen molar-refractivity contribution in [2.75, 3.05) is 13.2 Å². The number of nitrogens with one attached hydrogen (secondary N) is 1. The number of fused-ring (bicyclic) bond motifs is 1. The Labute approximate surface area is 156 Å². The Hall–Kier alpha value is -2.99. The number of hydrogen-bond donors (Lipinski definition) is 2. The second-order valence-electron chi connectivity index (χ2n) is 6.56. The predicted molar refractivity (Wildman–Crippen MR) is 102 cm³/mol. The van der Waals surface area contributed by atoms with Gasteiger partial charge in [0.05, 0.1) is 18.7 Å². The quantitative estimate of drug-likeness (QED) is 0.727. The van der Waals surface area contributed by atoms with Gasteiger partial charge in [-0.3, -0.25) is 9.59 Å². The van der Waals surface area contributed by atoms with E-state index in [2.05, 4.69) is 4.98 Å². The van der Waals surface area contributed by atoms with Crippen LogP contribution in [0.3, 0.4) is 0 Å². The van der Waals surface area contributed by atoms with E-state index in [0.717, 1.165) is 28.1 Å². The van der Waals surface area contributed by atoms with E-state index >= 15 is 0 Å². The minimum atomic E-state index is -0.515. The van der Waals surface area contributed by atoms with Gasteiger partial charge >= 0.3 is 0 Å². The van der Waals surface area contributed by atoms with Crippen molar-refractivity contribution in [2.24, 2.45) is 0 Å². The first-order valence-corrected chi connectivity index (χ1v) is 8.68. The molecule has 1 aromatic heterocycles. The molecule has 3 rings (SSSR count). The lowest BCUT2D eigenvalue weighted by atomic mass is 10.0. The standard InChI is InChI=1S/C21H21FN2O3/c1-13-6-7-15-10-17(20(26)23-19(15)14(13)2)12-24(8-9-25)21(27)16-4-3-5-18(22)11-16/h3-7,10-11,25H,8-9,12H2,1-2H3,(H,23,26). The van der Waals surface area contributed by atoms with Crippen molar-refractivity contribution in [1.29, 1.82) is 0 Å². The minimum Gasteiger partial charge on any atom is -0.395 e. The van der Waals surface area contributed by atoms with Gasteiger partial charge in [0.15, 0.2) is 0 Å². The number of H-pyrrole nitrogens is 1. The van der Waals surface area contributed by atoms with Crippen molar-refractivity contribution >= 4 is 16.8 Å². The van der Waals surface area contributed by atoms with E-state index < -0.39 is 11.7 Å². The summed E-state index contributed by atoms with van der Waals surface area (Å²) in [5.74, 6) is -0.956. The molecule has 2 aromatic carbocycles. The molecule has 27 heavy (non-hydrogen) atoms. The average Bonchev–Trinajstić information content (AvgIpc) is 2.65. The maximum absolute atomic E-state index is 13.4. The maximum Gasteiger partial charge on any atom is 0.254 e. The zero-order valence-corrected chi connectivity index (χ0v) is 15.3. The SMILES string of the molecule is Cc1ccc2cc(CN(CCO)C(=O)c3cccc(F)c3)c(=O)[nH]c2c1C. The van der Waals surface area contributed by atoms with Crippen LogP contribution in [0.1, 0.15) is 27.0 Å². The smallest absolute Gasteiger partial charge is 0.254 e. The van der Waals surface area contributed by atoms with E-state index in [1.807, 2.05) is 26.0 Å². The number of aliphatic hydroxyl groups excluding tert-OH is 1. The van der Waals surface area contributed by atoms with Crippen molar-refractivity contribution < 1.29 is 14.3 Å². The first-order chi connectivity index (χ1) is 12.9. The van der Waals surface area contributed by atoms with Gasteiger partial charge in [-0.05, 0) is 54.6 Å². The van der Waals surface area contributed by atoms with E-state index in [4.69, 9.17) is 0 Å². The number of pyridine rings is 1. The molecule has 3 aromatic rings. The lowest BCUT2D eigenvalue weighted by Gasteiger charge is -2.22. The summed E-state index contributed by atoms with van der Waals surface area (Å²) in [6, 6.07) is 11.0. The molecule has 0 fully saturated rings. The highest BCUT2D eigenvalue weighted by Crippen LogP contribution is 2.19. The summed E-state index contributed by atoms with van der Waals surface area (Å²) in [5, 5.41) is 10.2. The van der Waals surface area contributed by atoms with Crippen LogP contribution in [0.4, 0.5) is 4.39 Å². The van der Waals surface area contributed by atoms with Crippen LogP contribution in [0.2, 0.25) is 0 Å². The summed E-state index contributed by atoms with van der Waals surface area (Å²) in [7, 11) is 0. The third-order valence-electron chi connectivity index (χ3n) is 4.72. The molecular weight excluding hydrogens is 347 g/mol. The summed E-state index contributed by atoms with van der Waals surface area (Å²) in [5.41, 5.74) is 3.14. The zero-order chi connectivity index (χ0) is 19.6. The summed E-state index contributed by atoms with van der Waals surface area (Å²) in [6.45, 7) is 3.72. The van der Waals surface area contributed by atoms with Gasteiger partial charge < -0.3 is 15.0 Å². The summed E-state index contributed by atoms with van der Waals surface area (Å²) in [6.07, 6.45) is 0. The monoisotopic (exact) mass is 368 g/mol. The Bertz CT molecular complexity index is 1060. The molecule has 0 bridgehead atoms. The topological polar surface area (TPSA) is 73.4 Å². The first kappa shape index (κ1) is 18.8. The first-order valence-electron chi connectivity index (χ1n) is 8.68. The molecule has 140 valence electrons. The number of benzene rings is 2. The van der Waals surface area contributed by atoms with Crippen LogP contribution in [0.5, 0.6) is 0 Å². The molecule has 0 saturated heterocycles.